The molecule has 0 fully saturated rings. The summed E-state index contributed by atoms with van der Waals surface area (Å²) in [4.78, 5) is 25.3. The third kappa shape index (κ3) is 7.68. The molecule has 1 aromatic carbocycles. The average Bonchev–Trinajstić information content (AvgIpc) is 2.34. The highest BCUT2D eigenvalue weighted by Crippen LogP contribution is 2.16. The lowest BCUT2D eigenvalue weighted by Crippen LogP contribution is -2.46. The molecule has 0 saturated carbocycles. The van der Waals surface area contributed by atoms with E-state index in [4.69, 9.17) is 4.74 Å². The van der Waals surface area contributed by atoms with Gasteiger partial charge in [0.15, 0.2) is 0 Å². The van der Waals surface area contributed by atoms with E-state index in [1.807, 2.05) is 46.8 Å². The number of amides is 2. The predicted molar refractivity (Wildman–Crippen MR) is 91.6 cm³/mol. The molecule has 0 aliphatic rings. The van der Waals surface area contributed by atoms with Crippen molar-refractivity contribution in [2.75, 3.05) is 20.2 Å². The molecule has 5 nitrogen and oxygen atoms in total. The molecule has 0 spiro atoms. The van der Waals surface area contributed by atoms with Gasteiger partial charge in [-0.3, -0.25) is 9.59 Å². The van der Waals surface area contributed by atoms with Crippen molar-refractivity contribution in [1.29, 1.82) is 0 Å². The molecule has 0 aliphatic heterocycles. The van der Waals surface area contributed by atoms with E-state index in [1.165, 1.54) is 4.90 Å². The van der Waals surface area contributed by atoms with E-state index in [9.17, 15) is 9.59 Å². The maximum Gasteiger partial charge on any atom is 0.240 e. The first-order valence-corrected chi connectivity index (χ1v) is 7.83. The highest BCUT2D eigenvalue weighted by Gasteiger charge is 2.17. The number of aryl methyl sites for hydroxylation is 2. The molecule has 0 atom stereocenters. The van der Waals surface area contributed by atoms with Crippen LogP contribution in [0, 0.1) is 13.8 Å². The molecular formula is C18H28N2O3. The highest BCUT2D eigenvalue weighted by atomic mass is 16.5. The molecule has 0 radical (unpaired) electrons. The van der Waals surface area contributed by atoms with Gasteiger partial charge in [-0.15, -0.1) is 0 Å². The number of likely N-dealkylation sites (N-methyl/N-ethyl adjacent to an activating group) is 1. The van der Waals surface area contributed by atoms with Crippen molar-refractivity contribution < 1.29 is 14.3 Å². The lowest BCUT2D eigenvalue weighted by atomic mass is 10.1. The van der Waals surface area contributed by atoms with Gasteiger partial charge < -0.3 is 15.0 Å². The second-order valence-electron chi connectivity index (χ2n) is 6.97. The Bertz CT molecular complexity index is 542. The van der Waals surface area contributed by atoms with Crippen LogP contribution in [0.5, 0.6) is 5.75 Å². The topological polar surface area (TPSA) is 58.6 Å². The fourth-order valence-corrected chi connectivity index (χ4v) is 2.22. The van der Waals surface area contributed by atoms with Gasteiger partial charge in [-0.2, -0.15) is 0 Å². The molecule has 1 N–H and O–H groups in total. The molecule has 0 heterocycles. The Balaban J connectivity index is 2.39. The summed E-state index contributed by atoms with van der Waals surface area (Å²) in [5, 5.41) is 2.84. The van der Waals surface area contributed by atoms with Crippen molar-refractivity contribution in [2.24, 2.45) is 0 Å². The van der Waals surface area contributed by atoms with Crippen molar-refractivity contribution in [1.82, 2.24) is 10.2 Å². The zero-order valence-electron chi connectivity index (χ0n) is 15.0. The molecule has 2 amide bonds. The van der Waals surface area contributed by atoms with Gasteiger partial charge in [0, 0.05) is 12.6 Å². The number of benzene rings is 1. The fraction of sp³-hybridized carbons (Fsp3) is 0.556. The summed E-state index contributed by atoms with van der Waals surface area (Å²) in [5.41, 5.74) is 1.96. The Morgan fingerprint density at radius 3 is 2.22 bits per heavy atom. The van der Waals surface area contributed by atoms with Crippen molar-refractivity contribution >= 4 is 11.8 Å². The summed E-state index contributed by atoms with van der Waals surface area (Å²) in [6.45, 7) is 10.1. The molecule has 0 aliphatic carbocycles. The van der Waals surface area contributed by atoms with Crippen LogP contribution < -0.4 is 10.1 Å². The number of rotatable bonds is 6. The zero-order chi connectivity index (χ0) is 17.6. The van der Waals surface area contributed by atoms with Crippen LogP contribution in [0.2, 0.25) is 0 Å². The smallest absolute Gasteiger partial charge is 0.240 e. The number of ether oxygens (including phenoxy) is 1. The Labute approximate surface area is 139 Å². The van der Waals surface area contributed by atoms with Gasteiger partial charge in [0.05, 0.1) is 19.6 Å². The molecule has 0 saturated heterocycles. The average molecular weight is 320 g/mol. The van der Waals surface area contributed by atoms with Crippen molar-refractivity contribution in [2.45, 2.75) is 46.6 Å². The maximum absolute atomic E-state index is 12.0. The third-order valence-electron chi connectivity index (χ3n) is 3.10. The normalized spacial score (nSPS) is 11.0. The number of hydrogen-bond acceptors (Lipinski definition) is 3. The van der Waals surface area contributed by atoms with Gasteiger partial charge in [-0.1, -0.05) is 6.07 Å². The number of nitrogens with one attached hydrogen (secondary N) is 1. The van der Waals surface area contributed by atoms with Gasteiger partial charge >= 0.3 is 0 Å². The Hall–Kier alpha value is -2.04. The van der Waals surface area contributed by atoms with Crippen LogP contribution in [0.4, 0.5) is 0 Å². The van der Waals surface area contributed by atoms with Crippen LogP contribution in [0.15, 0.2) is 18.2 Å². The van der Waals surface area contributed by atoms with Gasteiger partial charge in [0.2, 0.25) is 11.8 Å². The second kappa shape index (κ2) is 7.99. The molecule has 1 rings (SSSR count). The minimum atomic E-state index is -0.299. The summed E-state index contributed by atoms with van der Waals surface area (Å²) in [6, 6.07) is 5.95. The van der Waals surface area contributed by atoms with Crippen LogP contribution in [-0.4, -0.2) is 42.5 Å². The molecule has 0 bridgehead atoms. The van der Waals surface area contributed by atoms with Crippen LogP contribution in [0.1, 0.15) is 38.3 Å². The van der Waals surface area contributed by atoms with Gasteiger partial charge in [-0.05, 0) is 57.9 Å². The van der Waals surface area contributed by atoms with Crippen molar-refractivity contribution in [3.05, 3.63) is 29.3 Å². The lowest BCUT2D eigenvalue weighted by Gasteiger charge is -2.23. The number of carbonyl (C=O) groups is 2. The molecule has 1 aromatic rings. The minimum Gasteiger partial charge on any atom is -0.493 e. The molecule has 23 heavy (non-hydrogen) atoms. The standard InChI is InChI=1S/C18H28N2O3/c1-13-9-14(2)11-15(10-13)23-8-7-17(22)20(6)12-16(21)19-18(3,4)5/h9-11H,7-8,12H2,1-6H3,(H,19,21). The fourth-order valence-electron chi connectivity index (χ4n) is 2.22. The first kappa shape index (κ1) is 19.0. The van der Waals surface area contributed by atoms with Gasteiger partial charge in [0.25, 0.3) is 0 Å². The van der Waals surface area contributed by atoms with E-state index in [0.29, 0.717) is 6.61 Å². The summed E-state index contributed by atoms with van der Waals surface area (Å²) in [5.74, 6) is 0.491. The quantitative estimate of drug-likeness (QED) is 0.876. The maximum atomic E-state index is 12.0. The molecule has 5 heteroatoms. The molecular weight excluding hydrogens is 292 g/mol. The summed E-state index contributed by atoms with van der Waals surface area (Å²) < 4.78 is 5.63. The van der Waals surface area contributed by atoms with Crippen molar-refractivity contribution in [3.63, 3.8) is 0 Å². The van der Waals surface area contributed by atoms with E-state index in [1.54, 1.807) is 7.05 Å². The molecule has 128 valence electrons. The minimum absolute atomic E-state index is 0.0552. The lowest BCUT2D eigenvalue weighted by molar-refractivity contribution is -0.135. The van der Waals surface area contributed by atoms with Crippen LogP contribution in [-0.2, 0) is 9.59 Å². The van der Waals surface area contributed by atoms with E-state index in [2.05, 4.69) is 11.4 Å². The number of nitrogens with zero attached hydrogens (tertiary/aromatic N) is 1. The largest absolute Gasteiger partial charge is 0.493 e. The van der Waals surface area contributed by atoms with E-state index in [-0.39, 0.29) is 30.3 Å². The summed E-state index contributed by atoms with van der Waals surface area (Å²) in [7, 11) is 1.63. The van der Waals surface area contributed by atoms with E-state index >= 15 is 0 Å². The Morgan fingerprint density at radius 1 is 1.13 bits per heavy atom. The van der Waals surface area contributed by atoms with E-state index < -0.39 is 0 Å². The van der Waals surface area contributed by atoms with Crippen molar-refractivity contribution in [3.8, 4) is 5.75 Å². The monoisotopic (exact) mass is 320 g/mol. The summed E-state index contributed by atoms with van der Waals surface area (Å²) >= 11 is 0. The molecule has 0 aromatic heterocycles. The van der Waals surface area contributed by atoms with Crippen LogP contribution in [0.3, 0.4) is 0 Å². The highest BCUT2D eigenvalue weighted by molar-refractivity contribution is 5.84. The summed E-state index contributed by atoms with van der Waals surface area (Å²) in [6.07, 6.45) is 0.242. The van der Waals surface area contributed by atoms with Gasteiger partial charge in [-0.25, -0.2) is 0 Å². The van der Waals surface area contributed by atoms with Crippen LogP contribution in [0.25, 0.3) is 0 Å². The SMILES string of the molecule is Cc1cc(C)cc(OCCC(=O)N(C)CC(=O)NC(C)(C)C)c1. The number of carbonyl (C=O) groups excluding carboxylic acids is 2. The third-order valence-corrected chi connectivity index (χ3v) is 3.10. The molecule has 0 unspecified atom stereocenters. The Kier molecular flexibility index (Phi) is 6.61. The van der Waals surface area contributed by atoms with E-state index in [0.717, 1.165) is 16.9 Å². The first-order chi connectivity index (χ1) is 10.6. The predicted octanol–water partition coefficient (Wildman–Crippen LogP) is 2.45. The first-order valence-electron chi connectivity index (χ1n) is 7.83. The van der Waals surface area contributed by atoms with Gasteiger partial charge in [0.1, 0.15) is 5.75 Å². The second-order valence-corrected chi connectivity index (χ2v) is 6.97. The Morgan fingerprint density at radius 2 is 1.70 bits per heavy atom. The van der Waals surface area contributed by atoms with Crippen LogP contribution >= 0.6 is 0 Å². The number of hydrogen-bond donors (Lipinski definition) is 1. The zero-order valence-corrected chi connectivity index (χ0v) is 15.0.